The first-order valence-corrected chi connectivity index (χ1v) is 9.08. The Labute approximate surface area is 152 Å². The molecule has 122 valence electrons. The lowest BCUT2D eigenvalue weighted by atomic mass is 9.88. The number of halogens is 1. The molecule has 0 spiro atoms. The zero-order valence-electron chi connectivity index (χ0n) is 13.8. The van der Waals surface area contributed by atoms with E-state index in [-0.39, 0.29) is 0 Å². The van der Waals surface area contributed by atoms with Crippen LogP contribution in [-0.2, 0) is 6.61 Å². The van der Waals surface area contributed by atoms with E-state index in [2.05, 4.69) is 77.5 Å². The summed E-state index contributed by atoms with van der Waals surface area (Å²) in [5.41, 5.74) is 3.73. The monoisotopic (exact) mass is 380 g/mol. The van der Waals surface area contributed by atoms with E-state index < -0.39 is 0 Å². The van der Waals surface area contributed by atoms with Gasteiger partial charge in [-0.3, -0.25) is 0 Å². The second kappa shape index (κ2) is 8.16. The van der Waals surface area contributed by atoms with Crippen molar-refractivity contribution in [2.75, 3.05) is 0 Å². The molecule has 0 fully saturated rings. The lowest BCUT2D eigenvalue weighted by Gasteiger charge is -2.20. The minimum atomic E-state index is 0.328. The van der Waals surface area contributed by atoms with Crippen LogP contribution < -0.4 is 4.74 Å². The first-order chi connectivity index (χ1) is 11.8. The molecule has 2 heteroatoms. The van der Waals surface area contributed by atoms with Crippen molar-refractivity contribution in [2.45, 2.75) is 25.9 Å². The Morgan fingerprint density at radius 3 is 2.21 bits per heavy atom. The van der Waals surface area contributed by atoms with Gasteiger partial charge in [0.05, 0.1) is 0 Å². The van der Waals surface area contributed by atoms with Crippen LogP contribution >= 0.6 is 15.9 Å². The van der Waals surface area contributed by atoms with Gasteiger partial charge in [-0.15, -0.1) is 0 Å². The third-order valence-corrected chi connectivity index (χ3v) is 4.69. The number of rotatable bonds is 6. The summed E-state index contributed by atoms with van der Waals surface area (Å²) >= 11 is 3.61. The van der Waals surface area contributed by atoms with Gasteiger partial charge in [0.1, 0.15) is 12.4 Å². The smallest absolute Gasteiger partial charge is 0.123 e. The highest BCUT2D eigenvalue weighted by atomic mass is 79.9. The summed E-state index contributed by atoms with van der Waals surface area (Å²) in [6, 6.07) is 27.2. The van der Waals surface area contributed by atoms with E-state index in [0.29, 0.717) is 12.5 Å². The Balaban J connectivity index is 1.90. The first kappa shape index (κ1) is 16.8. The maximum Gasteiger partial charge on any atom is 0.123 e. The molecule has 24 heavy (non-hydrogen) atoms. The molecule has 0 saturated heterocycles. The molecule has 0 amide bonds. The first-order valence-electron chi connectivity index (χ1n) is 8.29. The van der Waals surface area contributed by atoms with E-state index in [9.17, 15) is 0 Å². The zero-order chi connectivity index (χ0) is 16.8. The van der Waals surface area contributed by atoms with Crippen LogP contribution in [0.15, 0.2) is 83.3 Å². The fraction of sp³-hybridized carbons (Fsp3) is 0.182. The highest BCUT2D eigenvalue weighted by Crippen LogP contribution is 2.36. The van der Waals surface area contributed by atoms with Gasteiger partial charge in [-0.25, -0.2) is 0 Å². The minimum Gasteiger partial charge on any atom is -0.489 e. The molecule has 1 nitrogen and oxygen atoms in total. The number of hydrogen-bond acceptors (Lipinski definition) is 1. The van der Waals surface area contributed by atoms with Gasteiger partial charge in [0, 0.05) is 16.0 Å². The Morgan fingerprint density at radius 2 is 1.54 bits per heavy atom. The van der Waals surface area contributed by atoms with Gasteiger partial charge in [-0.05, 0) is 35.7 Å². The van der Waals surface area contributed by atoms with Crippen molar-refractivity contribution in [2.24, 2.45) is 0 Å². The van der Waals surface area contributed by atoms with Gasteiger partial charge in [0.25, 0.3) is 0 Å². The van der Waals surface area contributed by atoms with Gasteiger partial charge < -0.3 is 4.74 Å². The highest BCUT2D eigenvalue weighted by molar-refractivity contribution is 9.10. The molecule has 0 unspecified atom stereocenters. The molecule has 0 radical (unpaired) electrons. The van der Waals surface area contributed by atoms with Crippen LogP contribution in [0.3, 0.4) is 0 Å². The largest absolute Gasteiger partial charge is 0.489 e. The summed E-state index contributed by atoms with van der Waals surface area (Å²) in [5, 5.41) is 0. The van der Waals surface area contributed by atoms with Crippen molar-refractivity contribution >= 4 is 15.9 Å². The van der Waals surface area contributed by atoms with Crippen LogP contribution in [-0.4, -0.2) is 0 Å². The molecule has 0 aliphatic carbocycles. The van der Waals surface area contributed by atoms with E-state index in [1.807, 2.05) is 24.3 Å². The van der Waals surface area contributed by atoms with Gasteiger partial charge >= 0.3 is 0 Å². The summed E-state index contributed by atoms with van der Waals surface area (Å²) in [4.78, 5) is 0. The van der Waals surface area contributed by atoms with Crippen molar-refractivity contribution < 1.29 is 4.74 Å². The average molecular weight is 381 g/mol. The second-order valence-corrected chi connectivity index (χ2v) is 6.74. The molecule has 0 bridgehead atoms. The Kier molecular flexibility index (Phi) is 5.71. The molecular weight excluding hydrogens is 360 g/mol. The maximum absolute atomic E-state index is 6.16. The van der Waals surface area contributed by atoms with Gasteiger partial charge in [-0.2, -0.15) is 0 Å². The van der Waals surface area contributed by atoms with Crippen molar-refractivity contribution in [1.29, 1.82) is 0 Å². The van der Waals surface area contributed by atoms with Crippen molar-refractivity contribution in [1.82, 2.24) is 0 Å². The third kappa shape index (κ3) is 4.07. The predicted molar refractivity (Wildman–Crippen MR) is 103 cm³/mol. The molecule has 0 N–H and O–H groups in total. The van der Waals surface area contributed by atoms with Crippen molar-refractivity contribution in [3.63, 3.8) is 0 Å². The zero-order valence-corrected chi connectivity index (χ0v) is 15.4. The normalized spacial score (nSPS) is 11.9. The Hall–Kier alpha value is -2.06. The average Bonchev–Trinajstić information content (AvgIpc) is 2.63. The third-order valence-electron chi connectivity index (χ3n) is 4.19. The lowest BCUT2D eigenvalue weighted by molar-refractivity contribution is 0.301. The molecule has 3 rings (SSSR count). The van der Waals surface area contributed by atoms with Crippen LogP contribution in [0.5, 0.6) is 5.75 Å². The van der Waals surface area contributed by atoms with E-state index in [1.54, 1.807) is 0 Å². The number of benzene rings is 3. The quantitative estimate of drug-likeness (QED) is 0.469. The summed E-state index contributed by atoms with van der Waals surface area (Å²) < 4.78 is 7.24. The van der Waals surface area contributed by atoms with E-state index in [0.717, 1.165) is 16.6 Å². The molecule has 0 heterocycles. The molecule has 0 saturated carbocycles. The van der Waals surface area contributed by atoms with Gasteiger partial charge in [-0.1, -0.05) is 83.5 Å². The fourth-order valence-corrected chi connectivity index (χ4v) is 3.36. The van der Waals surface area contributed by atoms with Crippen LogP contribution in [0, 0.1) is 0 Å². The standard InChI is InChI=1S/C22H21BrO/c1-2-20(18-11-7-4-8-12-18)21-15-19(23)13-14-22(21)24-16-17-9-5-3-6-10-17/h3-15,20H,2,16H2,1H3/t20-/m1/s1. The number of ether oxygens (including phenoxy) is 1. The molecular formula is C22H21BrO. The summed E-state index contributed by atoms with van der Waals surface area (Å²) in [7, 11) is 0. The molecule has 0 aromatic heterocycles. The molecule has 3 aromatic carbocycles. The van der Waals surface area contributed by atoms with Gasteiger partial charge in [0.15, 0.2) is 0 Å². The molecule has 1 atom stereocenters. The summed E-state index contributed by atoms with van der Waals surface area (Å²) in [6.07, 6.45) is 1.03. The van der Waals surface area contributed by atoms with Crippen LogP contribution in [0.4, 0.5) is 0 Å². The van der Waals surface area contributed by atoms with E-state index in [1.165, 1.54) is 16.7 Å². The van der Waals surface area contributed by atoms with Gasteiger partial charge in [0.2, 0.25) is 0 Å². The second-order valence-electron chi connectivity index (χ2n) is 5.83. The van der Waals surface area contributed by atoms with Crippen molar-refractivity contribution in [3.05, 3.63) is 100 Å². The molecule has 3 aromatic rings. The molecule has 0 aliphatic heterocycles. The SMILES string of the molecule is CC[C@H](c1ccccc1)c1cc(Br)ccc1OCc1ccccc1. The predicted octanol–water partition coefficient (Wildman–Crippen LogP) is 6.57. The number of hydrogen-bond donors (Lipinski definition) is 0. The van der Waals surface area contributed by atoms with Crippen LogP contribution in [0.1, 0.15) is 36.0 Å². The van der Waals surface area contributed by atoms with E-state index in [4.69, 9.17) is 4.74 Å². The van der Waals surface area contributed by atoms with Crippen LogP contribution in [0.2, 0.25) is 0 Å². The van der Waals surface area contributed by atoms with E-state index >= 15 is 0 Å². The Bertz CT molecular complexity index is 768. The van der Waals surface area contributed by atoms with Crippen molar-refractivity contribution in [3.8, 4) is 5.75 Å². The topological polar surface area (TPSA) is 9.23 Å². The highest BCUT2D eigenvalue weighted by Gasteiger charge is 2.17. The fourth-order valence-electron chi connectivity index (χ4n) is 2.98. The summed E-state index contributed by atoms with van der Waals surface area (Å²) in [6.45, 7) is 2.81. The van der Waals surface area contributed by atoms with Crippen LogP contribution in [0.25, 0.3) is 0 Å². The summed E-state index contributed by atoms with van der Waals surface area (Å²) in [5.74, 6) is 1.28. The Morgan fingerprint density at radius 1 is 0.875 bits per heavy atom. The maximum atomic E-state index is 6.16. The lowest BCUT2D eigenvalue weighted by Crippen LogP contribution is -2.04. The molecule has 0 aliphatic rings. The minimum absolute atomic E-state index is 0.328.